The van der Waals surface area contributed by atoms with E-state index in [4.69, 9.17) is 0 Å². The summed E-state index contributed by atoms with van der Waals surface area (Å²) < 4.78 is 0. The van der Waals surface area contributed by atoms with Gasteiger partial charge in [0.05, 0.1) is 12.1 Å². The van der Waals surface area contributed by atoms with Gasteiger partial charge < -0.3 is 10.2 Å². The normalized spacial score (nSPS) is 30.3. The average Bonchev–Trinajstić information content (AvgIpc) is 2.87. The molecular formula is C18H21N3O3. The molecule has 126 valence electrons. The van der Waals surface area contributed by atoms with Crippen LogP contribution in [0.15, 0.2) is 30.3 Å². The van der Waals surface area contributed by atoms with E-state index >= 15 is 0 Å². The van der Waals surface area contributed by atoms with Crippen molar-refractivity contribution in [1.82, 2.24) is 15.1 Å². The predicted octanol–water partition coefficient (Wildman–Crippen LogP) is 1.82. The van der Waals surface area contributed by atoms with Crippen LogP contribution in [0.4, 0.5) is 4.79 Å². The average molecular weight is 327 g/mol. The van der Waals surface area contributed by atoms with Crippen LogP contribution in [0.1, 0.15) is 43.7 Å². The lowest BCUT2D eigenvalue weighted by Crippen LogP contribution is -2.52. The molecule has 1 N–H and O–H groups in total. The second-order valence-electron chi connectivity index (χ2n) is 6.76. The van der Waals surface area contributed by atoms with Gasteiger partial charge in [0.2, 0.25) is 5.91 Å². The predicted molar refractivity (Wildman–Crippen MR) is 86.9 cm³/mol. The van der Waals surface area contributed by atoms with Crippen molar-refractivity contribution in [2.45, 2.75) is 50.2 Å². The van der Waals surface area contributed by atoms with E-state index in [0.29, 0.717) is 19.4 Å². The molecule has 6 heteroatoms. The van der Waals surface area contributed by atoms with Crippen molar-refractivity contribution in [1.29, 1.82) is 0 Å². The number of nitrogens with zero attached hydrogens (tertiary/aromatic N) is 2. The number of amides is 4. The Kier molecular flexibility index (Phi) is 3.75. The number of carbonyl (C=O) groups is 3. The molecule has 3 aliphatic heterocycles. The topological polar surface area (TPSA) is 69.7 Å². The molecule has 1 aromatic rings. The molecule has 0 aromatic heterocycles. The molecule has 0 spiro atoms. The summed E-state index contributed by atoms with van der Waals surface area (Å²) in [7, 11) is 0. The van der Waals surface area contributed by atoms with Gasteiger partial charge in [0.15, 0.2) is 0 Å². The second kappa shape index (κ2) is 5.92. The number of imide groups is 1. The van der Waals surface area contributed by atoms with E-state index in [1.807, 2.05) is 30.3 Å². The minimum Gasteiger partial charge on any atom is -0.347 e. The van der Waals surface area contributed by atoms with Crippen LogP contribution in [0.5, 0.6) is 0 Å². The minimum atomic E-state index is -0.332. The Bertz CT molecular complexity index is 651. The lowest BCUT2D eigenvalue weighted by molar-refractivity contribution is -0.134. The van der Waals surface area contributed by atoms with E-state index in [9.17, 15) is 14.4 Å². The highest BCUT2D eigenvalue weighted by molar-refractivity contribution is 6.05. The molecule has 0 saturated carbocycles. The number of urea groups is 1. The van der Waals surface area contributed by atoms with Crippen LogP contribution in [-0.4, -0.2) is 46.3 Å². The SMILES string of the molecule is O=C1CC[C@@H](N2C(=O)[C@H]3CCCCN3C2=O)[C@H](c2ccccc2)N1. The van der Waals surface area contributed by atoms with Gasteiger partial charge in [-0.1, -0.05) is 30.3 Å². The van der Waals surface area contributed by atoms with E-state index in [-0.39, 0.29) is 36.0 Å². The van der Waals surface area contributed by atoms with Gasteiger partial charge in [0.1, 0.15) is 6.04 Å². The maximum absolute atomic E-state index is 12.9. The summed E-state index contributed by atoms with van der Waals surface area (Å²) in [5.74, 6) is -0.126. The zero-order valence-electron chi connectivity index (χ0n) is 13.5. The van der Waals surface area contributed by atoms with Crippen LogP contribution in [0.3, 0.4) is 0 Å². The number of piperidine rings is 2. The Morgan fingerprint density at radius 1 is 1.00 bits per heavy atom. The molecule has 3 fully saturated rings. The van der Waals surface area contributed by atoms with E-state index in [0.717, 1.165) is 24.8 Å². The Labute approximate surface area is 140 Å². The van der Waals surface area contributed by atoms with Crippen molar-refractivity contribution < 1.29 is 14.4 Å². The lowest BCUT2D eigenvalue weighted by Gasteiger charge is -2.37. The van der Waals surface area contributed by atoms with Crippen LogP contribution in [-0.2, 0) is 9.59 Å². The molecule has 4 rings (SSSR count). The fourth-order valence-corrected chi connectivity index (χ4v) is 4.15. The third kappa shape index (κ3) is 2.37. The largest absolute Gasteiger partial charge is 0.347 e. The van der Waals surface area contributed by atoms with Crippen LogP contribution >= 0.6 is 0 Å². The van der Waals surface area contributed by atoms with E-state index in [1.165, 1.54) is 4.90 Å². The summed E-state index contributed by atoms with van der Waals surface area (Å²) in [5.41, 5.74) is 0.932. The van der Waals surface area contributed by atoms with Gasteiger partial charge in [0.25, 0.3) is 5.91 Å². The number of fused-ring (bicyclic) bond motifs is 1. The lowest BCUT2D eigenvalue weighted by atomic mass is 9.90. The van der Waals surface area contributed by atoms with Crippen molar-refractivity contribution in [3.8, 4) is 0 Å². The Morgan fingerprint density at radius 3 is 2.54 bits per heavy atom. The van der Waals surface area contributed by atoms with Gasteiger partial charge >= 0.3 is 6.03 Å². The van der Waals surface area contributed by atoms with Crippen LogP contribution < -0.4 is 5.32 Å². The first-order valence-electron chi connectivity index (χ1n) is 8.65. The molecule has 3 heterocycles. The van der Waals surface area contributed by atoms with Crippen molar-refractivity contribution in [3.63, 3.8) is 0 Å². The highest BCUT2D eigenvalue weighted by atomic mass is 16.2. The van der Waals surface area contributed by atoms with Crippen molar-refractivity contribution >= 4 is 17.8 Å². The molecule has 3 saturated heterocycles. The van der Waals surface area contributed by atoms with Gasteiger partial charge in [-0.2, -0.15) is 0 Å². The van der Waals surface area contributed by atoms with Crippen molar-refractivity contribution in [2.75, 3.05) is 6.54 Å². The third-order valence-corrected chi connectivity index (χ3v) is 5.34. The first-order valence-corrected chi connectivity index (χ1v) is 8.65. The molecule has 0 aliphatic carbocycles. The summed E-state index contributed by atoms with van der Waals surface area (Å²) in [6, 6.07) is 8.46. The molecule has 3 aliphatic rings. The van der Waals surface area contributed by atoms with Gasteiger partial charge in [-0.25, -0.2) is 4.79 Å². The fourth-order valence-electron chi connectivity index (χ4n) is 4.15. The van der Waals surface area contributed by atoms with Crippen LogP contribution in [0, 0.1) is 0 Å². The monoisotopic (exact) mass is 327 g/mol. The molecule has 0 radical (unpaired) electrons. The zero-order valence-corrected chi connectivity index (χ0v) is 13.5. The smallest absolute Gasteiger partial charge is 0.327 e. The number of nitrogens with one attached hydrogen (secondary N) is 1. The Balaban J connectivity index is 1.67. The van der Waals surface area contributed by atoms with Crippen LogP contribution in [0.2, 0.25) is 0 Å². The summed E-state index contributed by atoms with van der Waals surface area (Å²) in [6.07, 6.45) is 3.54. The second-order valence-corrected chi connectivity index (χ2v) is 6.76. The van der Waals surface area contributed by atoms with E-state index < -0.39 is 0 Å². The Morgan fingerprint density at radius 2 is 1.79 bits per heavy atom. The standard InChI is InChI=1S/C18H21N3O3/c22-15-10-9-13(16(19-15)12-6-2-1-3-7-12)21-17(23)14-8-4-5-11-20(14)18(21)24/h1-3,6-7,13-14,16H,4-5,8-11H2,(H,19,22)/t13-,14-,16+/m1/s1. The first-order chi connectivity index (χ1) is 11.7. The molecule has 1 aromatic carbocycles. The summed E-state index contributed by atoms with van der Waals surface area (Å²) in [4.78, 5) is 40.7. The maximum Gasteiger partial charge on any atom is 0.327 e. The molecule has 6 nitrogen and oxygen atoms in total. The molecule has 3 atom stereocenters. The quantitative estimate of drug-likeness (QED) is 0.843. The van der Waals surface area contributed by atoms with Gasteiger partial charge in [-0.15, -0.1) is 0 Å². The van der Waals surface area contributed by atoms with Gasteiger partial charge in [0, 0.05) is 13.0 Å². The van der Waals surface area contributed by atoms with Crippen molar-refractivity contribution in [2.24, 2.45) is 0 Å². The summed E-state index contributed by atoms with van der Waals surface area (Å²) in [6.45, 7) is 0.654. The maximum atomic E-state index is 12.9. The fraction of sp³-hybridized carbons (Fsp3) is 0.500. The first kappa shape index (κ1) is 15.2. The zero-order chi connectivity index (χ0) is 16.7. The van der Waals surface area contributed by atoms with Gasteiger partial charge in [-0.3, -0.25) is 14.5 Å². The number of hydrogen-bond acceptors (Lipinski definition) is 3. The minimum absolute atomic E-state index is 0.0306. The van der Waals surface area contributed by atoms with Crippen LogP contribution in [0.25, 0.3) is 0 Å². The molecule has 0 bridgehead atoms. The number of benzene rings is 1. The molecule has 24 heavy (non-hydrogen) atoms. The number of hydrogen-bond donors (Lipinski definition) is 1. The molecule has 0 unspecified atom stereocenters. The van der Waals surface area contributed by atoms with Crippen molar-refractivity contribution in [3.05, 3.63) is 35.9 Å². The number of carbonyl (C=O) groups excluding carboxylic acids is 3. The highest BCUT2D eigenvalue weighted by Gasteiger charge is 2.51. The molecule has 4 amide bonds. The third-order valence-electron chi connectivity index (χ3n) is 5.34. The molecular weight excluding hydrogens is 306 g/mol. The van der Waals surface area contributed by atoms with E-state index in [1.54, 1.807) is 4.90 Å². The Hall–Kier alpha value is -2.37. The van der Waals surface area contributed by atoms with Gasteiger partial charge in [-0.05, 0) is 31.2 Å². The number of rotatable bonds is 2. The highest BCUT2D eigenvalue weighted by Crippen LogP contribution is 2.35. The summed E-state index contributed by atoms with van der Waals surface area (Å²) >= 11 is 0. The van der Waals surface area contributed by atoms with E-state index in [2.05, 4.69) is 5.32 Å². The summed E-state index contributed by atoms with van der Waals surface area (Å²) in [5, 5.41) is 2.98.